The maximum absolute atomic E-state index is 12.6. The molecule has 0 spiro atoms. The number of pyridine rings is 1. The number of alkyl halides is 3. The minimum Gasteiger partial charge on any atom is -0.327 e. The van der Waals surface area contributed by atoms with Crippen LogP contribution < -0.4 is 0 Å². The number of carbonyl (C=O) groups is 1. The molecule has 6 heteroatoms. The lowest BCUT2D eigenvalue weighted by Crippen LogP contribution is -2.39. The molecule has 1 aromatic carbocycles. The van der Waals surface area contributed by atoms with Crippen molar-refractivity contribution in [2.75, 3.05) is 6.54 Å². The van der Waals surface area contributed by atoms with Crippen molar-refractivity contribution in [1.29, 1.82) is 0 Å². The first-order valence-electron chi connectivity index (χ1n) is 7.33. The van der Waals surface area contributed by atoms with Gasteiger partial charge in [-0.05, 0) is 36.6 Å². The van der Waals surface area contributed by atoms with Gasteiger partial charge in [0.05, 0.1) is 5.52 Å². The lowest BCUT2D eigenvalue weighted by atomic mass is 10.1. The fourth-order valence-electron chi connectivity index (χ4n) is 2.49. The van der Waals surface area contributed by atoms with E-state index in [0.29, 0.717) is 12.8 Å². The van der Waals surface area contributed by atoms with Crippen LogP contribution in [-0.4, -0.2) is 34.6 Å². The van der Waals surface area contributed by atoms with Crippen LogP contribution in [0.3, 0.4) is 0 Å². The molecule has 0 saturated heterocycles. The smallest absolute Gasteiger partial charge is 0.327 e. The van der Waals surface area contributed by atoms with Gasteiger partial charge in [0.15, 0.2) is 0 Å². The van der Waals surface area contributed by atoms with Crippen LogP contribution in [0, 0.1) is 0 Å². The Kier molecular flexibility index (Phi) is 4.07. The molecule has 3 rings (SSSR count). The SMILES string of the molecule is O=C(/C=C\c1ccnc2ccccc12)N(CC(F)(F)F)C1CC1. The third kappa shape index (κ3) is 3.88. The molecule has 120 valence electrons. The first-order chi connectivity index (χ1) is 10.9. The van der Waals surface area contributed by atoms with Crippen molar-refractivity contribution in [3.63, 3.8) is 0 Å². The van der Waals surface area contributed by atoms with E-state index < -0.39 is 18.6 Å². The van der Waals surface area contributed by atoms with Crippen LogP contribution >= 0.6 is 0 Å². The number of hydrogen-bond donors (Lipinski definition) is 0. The summed E-state index contributed by atoms with van der Waals surface area (Å²) in [7, 11) is 0. The number of fused-ring (bicyclic) bond motifs is 1. The Bertz CT molecular complexity index is 746. The van der Waals surface area contributed by atoms with Gasteiger partial charge < -0.3 is 4.90 Å². The van der Waals surface area contributed by atoms with Crippen molar-refractivity contribution in [2.24, 2.45) is 0 Å². The minimum absolute atomic E-state index is 0.289. The van der Waals surface area contributed by atoms with E-state index in [1.54, 1.807) is 18.3 Å². The lowest BCUT2D eigenvalue weighted by molar-refractivity contribution is -0.159. The van der Waals surface area contributed by atoms with Crippen molar-refractivity contribution in [2.45, 2.75) is 25.1 Å². The molecule has 1 aromatic heterocycles. The standard InChI is InChI=1S/C17H15F3N2O/c18-17(19,20)11-22(13-6-7-13)16(23)8-5-12-9-10-21-15-4-2-1-3-14(12)15/h1-5,8-10,13H,6-7,11H2/b8-5-. The highest BCUT2D eigenvalue weighted by Gasteiger charge is 2.39. The van der Waals surface area contributed by atoms with Gasteiger partial charge in [0, 0.05) is 23.7 Å². The summed E-state index contributed by atoms with van der Waals surface area (Å²) in [5, 5.41) is 0.854. The molecule has 1 amide bonds. The number of halogens is 3. The second-order valence-electron chi connectivity index (χ2n) is 5.56. The van der Waals surface area contributed by atoms with Gasteiger partial charge in [-0.15, -0.1) is 0 Å². The Labute approximate surface area is 131 Å². The molecule has 1 saturated carbocycles. The van der Waals surface area contributed by atoms with Gasteiger partial charge in [-0.3, -0.25) is 9.78 Å². The zero-order valence-corrected chi connectivity index (χ0v) is 12.3. The molecule has 0 bridgehead atoms. The summed E-state index contributed by atoms with van der Waals surface area (Å²) in [6, 6.07) is 8.85. The molecule has 0 atom stereocenters. The van der Waals surface area contributed by atoms with Gasteiger partial charge in [0.2, 0.25) is 5.91 Å². The number of hydrogen-bond acceptors (Lipinski definition) is 2. The minimum atomic E-state index is -4.38. The van der Waals surface area contributed by atoms with Crippen molar-refractivity contribution in [3.05, 3.63) is 48.2 Å². The van der Waals surface area contributed by atoms with E-state index in [9.17, 15) is 18.0 Å². The first-order valence-corrected chi connectivity index (χ1v) is 7.33. The van der Waals surface area contributed by atoms with Crippen LogP contribution in [-0.2, 0) is 4.79 Å². The van der Waals surface area contributed by atoms with Gasteiger partial charge in [-0.25, -0.2) is 0 Å². The van der Waals surface area contributed by atoms with Crippen molar-refractivity contribution in [3.8, 4) is 0 Å². The Morgan fingerprint density at radius 3 is 2.70 bits per heavy atom. The highest BCUT2D eigenvalue weighted by Crippen LogP contribution is 2.30. The third-order valence-electron chi connectivity index (χ3n) is 3.71. The fourth-order valence-corrected chi connectivity index (χ4v) is 2.49. The maximum atomic E-state index is 12.6. The molecule has 2 aromatic rings. The lowest BCUT2D eigenvalue weighted by Gasteiger charge is -2.22. The van der Waals surface area contributed by atoms with Crippen LogP contribution in [0.1, 0.15) is 18.4 Å². The Morgan fingerprint density at radius 1 is 1.26 bits per heavy atom. The van der Waals surface area contributed by atoms with Crippen molar-refractivity contribution in [1.82, 2.24) is 9.88 Å². The van der Waals surface area contributed by atoms with Gasteiger partial charge in [-0.1, -0.05) is 18.2 Å². The van der Waals surface area contributed by atoms with Gasteiger partial charge in [0.1, 0.15) is 6.54 Å². The summed E-state index contributed by atoms with van der Waals surface area (Å²) in [5.41, 5.74) is 1.53. The van der Waals surface area contributed by atoms with Crippen molar-refractivity contribution < 1.29 is 18.0 Å². The molecule has 3 nitrogen and oxygen atoms in total. The Balaban J connectivity index is 1.81. The Morgan fingerprint density at radius 2 is 2.00 bits per heavy atom. The largest absolute Gasteiger partial charge is 0.406 e. The monoisotopic (exact) mass is 320 g/mol. The Hall–Kier alpha value is -2.37. The number of amides is 1. The zero-order chi connectivity index (χ0) is 16.4. The summed E-state index contributed by atoms with van der Waals surface area (Å²) in [4.78, 5) is 17.3. The van der Waals surface area contributed by atoms with Gasteiger partial charge in [-0.2, -0.15) is 13.2 Å². The number of carbonyl (C=O) groups excluding carboxylic acids is 1. The second-order valence-corrected chi connectivity index (χ2v) is 5.56. The molecule has 0 radical (unpaired) electrons. The van der Waals surface area contributed by atoms with Gasteiger partial charge >= 0.3 is 6.18 Å². The molecule has 0 N–H and O–H groups in total. The van der Waals surface area contributed by atoms with Crippen LogP contribution in [0.15, 0.2) is 42.6 Å². The van der Waals surface area contributed by atoms with E-state index in [4.69, 9.17) is 0 Å². The normalized spacial score (nSPS) is 15.3. The van der Waals surface area contributed by atoms with Crippen LogP contribution in [0.5, 0.6) is 0 Å². The molecule has 0 aliphatic heterocycles. The summed E-state index contributed by atoms with van der Waals surface area (Å²) in [6.07, 6.45) is 1.27. The number of nitrogens with zero attached hydrogens (tertiary/aromatic N) is 2. The predicted molar refractivity (Wildman–Crippen MR) is 81.6 cm³/mol. The van der Waals surface area contributed by atoms with E-state index in [0.717, 1.165) is 21.4 Å². The molecule has 23 heavy (non-hydrogen) atoms. The number of benzene rings is 1. The fraction of sp³-hybridized carbons (Fsp3) is 0.294. The summed E-state index contributed by atoms with van der Waals surface area (Å²) in [6.45, 7) is -1.20. The van der Waals surface area contributed by atoms with Crippen LogP contribution in [0.4, 0.5) is 13.2 Å². The van der Waals surface area contributed by atoms with E-state index in [1.165, 1.54) is 6.08 Å². The maximum Gasteiger partial charge on any atom is 0.406 e. The van der Waals surface area contributed by atoms with E-state index in [2.05, 4.69) is 4.98 Å². The van der Waals surface area contributed by atoms with Crippen LogP contribution in [0.2, 0.25) is 0 Å². The summed E-state index contributed by atoms with van der Waals surface area (Å²) < 4.78 is 37.8. The van der Waals surface area contributed by atoms with E-state index in [1.807, 2.05) is 24.3 Å². The average molecular weight is 320 g/mol. The van der Waals surface area contributed by atoms with E-state index in [-0.39, 0.29) is 6.04 Å². The summed E-state index contributed by atoms with van der Waals surface area (Å²) >= 11 is 0. The molecule has 1 aliphatic rings. The number of rotatable bonds is 4. The summed E-state index contributed by atoms with van der Waals surface area (Å²) in [5.74, 6) is -0.606. The quantitative estimate of drug-likeness (QED) is 0.803. The van der Waals surface area contributed by atoms with Crippen molar-refractivity contribution >= 4 is 22.9 Å². The average Bonchev–Trinajstić information content (AvgIpc) is 3.34. The topological polar surface area (TPSA) is 33.2 Å². The molecule has 1 fully saturated rings. The molecular formula is C17H15F3N2O. The highest BCUT2D eigenvalue weighted by molar-refractivity contribution is 5.96. The van der Waals surface area contributed by atoms with Crippen LogP contribution in [0.25, 0.3) is 17.0 Å². The number of aromatic nitrogens is 1. The predicted octanol–water partition coefficient (Wildman–Crippen LogP) is 3.80. The molecule has 1 aliphatic carbocycles. The zero-order valence-electron chi connectivity index (χ0n) is 12.3. The van der Waals surface area contributed by atoms with Gasteiger partial charge in [0.25, 0.3) is 0 Å². The highest BCUT2D eigenvalue weighted by atomic mass is 19.4. The second kappa shape index (κ2) is 6.02. The third-order valence-corrected chi connectivity index (χ3v) is 3.71. The molecular weight excluding hydrogens is 305 g/mol. The first kappa shape index (κ1) is 15.5. The molecule has 1 heterocycles. The van der Waals surface area contributed by atoms with E-state index >= 15 is 0 Å². The number of para-hydroxylation sites is 1. The molecule has 0 unspecified atom stereocenters.